The number of benzene rings is 2. The summed E-state index contributed by atoms with van der Waals surface area (Å²) in [4.78, 5) is 15.2. The molecule has 1 amide bonds. The van der Waals surface area contributed by atoms with Crippen molar-refractivity contribution in [1.82, 2.24) is 10.3 Å². The molecular weight excluding hydrogens is 386 g/mol. The first-order valence-electron chi connectivity index (χ1n) is 9.50. The van der Waals surface area contributed by atoms with Crippen LogP contribution in [-0.4, -0.2) is 16.9 Å². The molecule has 2 aromatic carbocycles. The van der Waals surface area contributed by atoms with Crippen molar-refractivity contribution in [3.05, 3.63) is 88.6 Å². The molecule has 6 heteroatoms. The lowest BCUT2D eigenvalue weighted by atomic mass is 10.1. The molecule has 3 N–H and O–H groups in total. The van der Waals surface area contributed by atoms with Gasteiger partial charge in [0, 0.05) is 29.9 Å². The van der Waals surface area contributed by atoms with E-state index in [0.29, 0.717) is 23.2 Å². The van der Waals surface area contributed by atoms with Crippen molar-refractivity contribution in [3.8, 4) is 11.6 Å². The molecule has 150 valence electrons. The van der Waals surface area contributed by atoms with E-state index in [1.807, 2.05) is 36.4 Å². The highest BCUT2D eigenvalue weighted by Crippen LogP contribution is 2.20. The van der Waals surface area contributed by atoms with Gasteiger partial charge in [-0.25, -0.2) is 4.98 Å². The predicted molar refractivity (Wildman–Crippen MR) is 115 cm³/mol. The van der Waals surface area contributed by atoms with E-state index in [-0.39, 0.29) is 0 Å². The number of nitrogens with one attached hydrogen (secondary N) is 1. The quantitative estimate of drug-likeness (QED) is 0.535. The third kappa shape index (κ3) is 6.59. The summed E-state index contributed by atoms with van der Waals surface area (Å²) in [6, 6.07) is 19.5. The van der Waals surface area contributed by atoms with Crippen molar-refractivity contribution in [2.45, 2.75) is 32.4 Å². The van der Waals surface area contributed by atoms with Gasteiger partial charge in [-0.3, -0.25) is 4.79 Å². The third-order valence-electron chi connectivity index (χ3n) is 4.60. The fourth-order valence-electron chi connectivity index (χ4n) is 2.81. The number of hydrogen-bond donors (Lipinski definition) is 2. The molecule has 0 bridgehead atoms. The van der Waals surface area contributed by atoms with Gasteiger partial charge >= 0.3 is 0 Å². The second kappa shape index (κ2) is 10.0. The highest BCUT2D eigenvalue weighted by molar-refractivity contribution is 6.30. The van der Waals surface area contributed by atoms with Gasteiger partial charge < -0.3 is 15.8 Å². The number of aromatic nitrogens is 1. The molecule has 1 unspecified atom stereocenters. The van der Waals surface area contributed by atoms with Crippen LogP contribution in [0.3, 0.4) is 0 Å². The minimum Gasteiger partial charge on any atom is -0.439 e. The van der Waals surface area contributed by atoms with Gasteiger partial charge in [0.05, 0.1) is 5.56 Å². The molecule has 0 spiro atoms. The topological polar surface area (TPSA) is 77.2 Å². The Morgan fingerprint density at radius 3 is 2.38 bits per heavy atom. The van der Waals surface area contributed by atoms with Gasteiger partial charge in [0.25, 0.3) is 0 Å². The third-order valence-corrected chi connectivity index (χ3v) is 4.85. The smallest absolute Gasteiger partial charge is 0.250 e. The van der Waals surface area contributed by atoms with Gasteiger partial charge in [-0.1, -0.05) is 35.9 Å². The lowest BCUT2D eigenvalue weighted by Gasteiger charge is -2.14. The lowest BCUT2D eigenvalue weighted by Crippen LogP contribution is -2.25. The average molecular weight is 410 g/mol. The number of carbonyl (C=O) groups is 1. The number of nitrogens with two attached hydrogens (primary N) is 1. The summed E-state index contributed by atoms with van der Waals surface area (Å²) in [5.74, 6) is 0.607. The first-order chi connectivity index (χ1) is 14.0. The first kappa shape index (κ1) is 20.8. The molecule has 1 atom stereocenters. The zero-order valence-corrected chi connectivity index (χ0v) is 17.0. The summed E-state index contributed by atoms with van der Waals surface area (Å²) in [6.07, 6.45) is 3.41. The van der Waals surface area contributed by atoms with Gasteiger partial charge in [-0.05, 0) is 61.2 Å². The van der Waals surface area contributed by atoms with E-state index in [1.54, 1.807) is 12.1 Å². The summed E-state index contributed by atoms with van der Waals surface area (Å²) in [5.41, 5.74) is 8.03. The van der Waals surface area contributed by atoms with Crippen molar-refractivity contribution < 1.29 is 9.53 Å². The maximum absolute atomic E-state index is 11.1. The van der Waals surface area contributed by atoms with Crippen molar-refractivity contribution in [1.29, 1.82) is 0 Å². The molecule has 0 saturated carbocycles. The summed E-state index contributed by atoms with van der Waals surface area (Å²) in [6.45, 7) is 3.02. The second-order valence-electron chi connectivity index (χ2n) is 6.94. The van der Waals surface area contributed by atoms with Crippen LogP contribution in [0.2, 0.25) is 5.02 Å². The Morgan fingerprint density at radius 2 is 1.76 bits per heavy atom. The highest BCUT2D eigenvalue weighted by Gasteiger charge is 2.05. The number of nitrogens with zero attached hydrogens (tertiary/aromatic N) is 1. The van der Waals surface area contributed by atoms with Crippen LogP contribution in [0, 0.1) is 0 Å². The standard InChI is InChI=1S/C23H24ClN3O2/c1-16(26-14-18-4-9-20(24)10-5-18)2-3-17-6-11-21(12-7-17)29-22-13-8-19(15-27-22)23(25)28/h4-13,15-16,26H,2-3,14H2,1H3,(H2,25,28). The minimum absolute atomic E-state index is 0.353. The number of amides is 1. The van der Waals surface area contributed by atoms with Gasteiger partial charge in [0.2, 0.25) is 11.8 Å². The largest absolute Gasteiger partial charge is 0.439 e. The summed E-state index contributed by atoms with van der Waals surface area (Å²) < 4.78 is 5.70. The molecule has 0 saturated heterocycles. The van der Waals surface area contributed by atoms with Crippen LogP contribution >= 0.6 is 11.6 Å². The van der Waals surface area contributed by atoms with Crippen LogP contribution in [0.5, 0.6) is 11.6 Å². The molecule has 0 radical (unpaired) electrons. The van der Waals surface area contributed by atoms with Crippen LogP contribution in [0.4, 0.5) is 0 Å². The van der Waals surface area contributed by atoms with Crippen molar-refractivity contribution in [2.75, 3.05) is 0 Å². The van der Waals surface area contributed by atoms with E-state index in [1.165, 1.54) is 17.3 Å². The zero-order valence-electron chi connectivity index (χ0n) is 16.3. The van der Waals surface area contributed by atoms with Gasteiger partial charge in [0.15, 0.2) is 0 Å². The van der Waals surface area contributed by atoms with E-state index < -0.39 is 5.91 Å². The maximum atomic E-state index is 11.1. The Morgan fingerprint density at radius 1 is 1.07 bits per heavy atom. The molecule has 3 rings (SSSR count). The Labute approximate surface area is 175 Å². The zero-order chi connectivity index (χ0) is 20.6. The molecule has 0 aliphatic rings. The molecule has 5 nitrogen and oxygen atoms in total. The summed E-state index contributed by atoms with van der Waals surface area (Å²) >= 11 is 5.92. The van der Waals surface area contributed by atoms with E-state index in [9.17, 15) is 4.79 Å². The minimum atomic E-state index is -0.509. The van der Waals surface area contributed by atoms with Gasteiger partial charge in [-0.15, -0.1) is 0 Å². The number of hydrogen-bond acceptors (Lipinski definition) is 4. The van der Waals surface area contributed by atoms with E-state index >= 15 is 0 Å². The summed E-state index contributed by atoms with van der Waals surface area (Å²) in [5, 5.41) is 4.29. The average Bonchev–Trinajstić information content (AvgIpc) is 2.73. The number of rotatable bonds is 9. The van der Waals surface area contributed by atoms with E-state index in [2.05, 4.69) is 29.4 Å². The van der Waals surface area contributed by atoms with Crippen molar-refractivity contribution >= 4 is 17.5 Å². The SMILES string of the molecule is CC(CCc1ccc(Oc2ccc(C(N)=O)cn2)cc1)NCc1ccc(Cl)cc1. The van der Waals surface area contributed by atoms with E-state index in [4.69, 9.17) is 22.1 Å². The molecule has 0 aliphatic heterocycles. The van der Waals surface area contributed by atoms with Crippen LogP contribution in [-0.2, 0) is 13.0 Å². The van der Waals surface area contributed by atoms with Crippen LogP contribution in [0.25, 0.3) is 0 Å². The Bertz CT molecular complexity index is 926. The molecule has 1 heterocycles. The summed E-state index contributed by atoms with van der Waals surface area (Å²) in [7, 11) is 0. The number of primary amides is 1. The second-order valence-corrected chi connectivity index (χ2v) is 7.38. The van der Waals surface area contributed by atoms with Crippen LogP contribution in [0.15, 0.2) is 66.9 Å². The normalized spacial score (nSPS) is 11.8. The van der Waals surface area contributed by atoms with E-state index in [0.717, 1.165) is 24.4 Å². The Balaban J connectivity index is 1.44. The van der Waals surface area contributed by atoms with Crippen LogP contribution in [0.1, 0.15) is 34.8 Å². The Hall–Kier alpha value is -2.89. The maximum Gasteiger partial charge on any atom is 0.250 e. The predicted octanol–water partition coefficient (Wildman–Crippen LogP) is 4.74. The number of carbonyl (C=O) groups excluding carboxylic acids is 1. The fraction of sp³-hybridized carbons (Fsp3) is 0.217. The molecule has 3 aromatic rings. The van der Waals surface area contributed by atoms with Crippen LogP contribution < -0.4 is 15.8 Å². The van der Waals surface area contributed by atoms with Gasteiger partial charge in [-0.2, -0.15) is 0 Å². The first-order valence-corrected chi connectivity index (χ1v) is 9.88. The fourth-order valence-corrected chi connectivity index (χ4v) is 2.94. The lowest BCUT2D eigenvalue weighted by molar-refractivity contribution is 0.1000. The van der Waals surface area contributed by atoms with Crippen molar-refractivity contribution in [3.63, 3.8) is 0 Å². The van der Waals surface area contributed by atoms with Gasteiger partial charge in [0.1, 0.15) is 5.75 Å². The highest BCUT2D eigenvalue weighted by atomic mass is 35.5. The number of aryl methyl sites for hydroxylation is 1. The molecule has 29 heavy (non-hydrogen) atoms. The molecule has 0 aliphatic carbocycles. The number of ether oxygens (including phenoxy) is 1. The molecule has 1 aromatic heterocycles. The number of pyridine rings is 1. The monoisotopic (exact) mass is 409 g/mol. The number of halogens is 1. The molecular formula is C23H24ClN3O2. The Kier molecular flexibility index (Phi) is 7.22. The molecule has 0 fully saturated rings. The van der Waals surface area contributed by atoms with Crippen molar-refractivity contribution in [2.24, 2.45) is 5.73 Å².